The summed E-state index contributed by atoms with van der Waals surface area (Å²) in [5.74, 6) is -1.74. The molecule has 2 heterocycles. The number of hydrogen-bond donors (Lipinski definition) is 3. The van der Waals surface area contributed by atoms with Crippen molar-refractivity contribution in [3.63, 3.8) is 0 Å². The number of ether oxygens (including phenoxy) is 2. The number of benzene rings is 1. The van der Waals surface area contributed by atoms with Crippen molar-refractivity contribution in [1.82, 2.24) is 10.2 Å². The van der Waals surface area contributed by atoms with E-state index in [0.717, 1.165) is 19.3 Å². The maximum absolute atomic E-state index is 14.1. The maximum atomic E-state index is 14.1. The molecule has 3 fully saturated rings. The first-order valence-electron chi connectivity index (χ1n) is 17.0. The number of hydroxylamine groups is 1. The Labute approximate surface area is 281 Å². The first kappa shape index (κ1) is 34.2. The summed E-state index contributed by atoms with van der Waals surface area (Å²) in [4.78, 5) is 47.2. The van der Waals surface area contributed by atoms with Gasteiger partial charge in [-0.15, -0.1) is 0 Å². The second-order valence-corrected chi connectivity index (χ2v) is 14.8. The van der Waals surface area contributed by atoms with Crippen LogP contribution >= 0.6 is 11.6 Å². The van der Waals surface area contributed by atoms with Gasteiger partial charge < -0.3 is 24.6 Å². The van der Waals surface area contributed by atoms with Crippen LogP contribution in [0.4, 0.5) is 5.69 Å². The summed E-state index contributed by atoms with van der Waals surface area (Å²) in [6, 6.07) is 4.48. The lowest BCUT2D eigenvalue weighted by molar-refractivity contribution is -0.225. The fourth-order valence-electron chi connectivity index (χ4n) is 8.65. The number of nitrogens with zero attached hydrogens (tertiary/aromatic N) is 2. The van der Waals surface area contributed by atoms with Crippen molar-refractivity contribution in [1.29, 1.82) is 0 Å². The Kier molecular flexibility index (Phi) is 9.19. The molecule has 1 saturated heterocycles. The summed E-state index contributed by atoms with van der Waals surface area (Å²) in [5.41, 5.74) is -1.39. The molecule has 2 aliphatic heterocycles. The molecule has 1 unspecified atom stereocenters. The number of rotatable bonds is 8. The van der Waals surface area contributed by atoms with Gasteiger partial charge in [0.05, 0.1) is 10.7 Å². The van der Waals surface area contributed by atoms with E-state index in [0.29, 0.717) is 41.2 Å². The molecule has 0 radical (unpaired) electrons. The van der Waals surface area contributed by atoms with Crippen LogP contribution in [0.5, 0.6) is 0 Å². The summed E-state index contributed by atoms with van der Waals surface area (Å²) in [6.45, 7) is 9.69. The molecule has 3 N–H and O–H groups in total. The fourth-order valence-corrected chi connectivity index (χ4v) is 8.94. The molecule has 1 aromatic carbocycles. The Morgan fingerprint density at radius 1 is 1.19 bits per heavy atom. The number of hydrogen-bond acceptors (Lipinski definition) is 10. The maximum Gasteiger partial charge on any atom is 0.323 e. The average molecular weight is 674 g/mol. The molecule has 5 aliphatic rings. The minimum absolute atomic E-state index is 0.00471. The third kappa shape index (κ3) is 5.86. The van der Waals surface area contributed by atoms with E-state index < -0.39 is 53.5 Å². The quantitative estimate of drug-likeness (QED) is 0.276. The molecule has 3 aliphatic carbocycles. The molecule has 0 spiro atoms. The highest BCUT2D eigenvalue weighted by Crippen LogP contribution is 2.53. The van der Waals surface area contributed by atoms with Gasteiger partial charge in [0.1, 0.15) is 17.2 Å². The zero-order chi connectivity index (χ0) is 34.0. The highest BCUT2D eigenvalue weighted by atomic mass is 35.5. The van der Waals surface area contributed by atoms with E-state index in [9.17, 15) is 24.6 Å². The molecule has 2 saturated carbocycles. The minimum Gasteiger partial charge on any atom is -0.454 e. The smallest absolute Gasteiger partial charge is 0.323 e. The van der Waals surface area contributed by atoms with E-state index in [1.807, 2.05) is 31.7 Å². The Morgan fingerprint density at radius 3 is 2.57 bits per heavy atom. The largest absolute Gasteiger partial charge is 0.454 e. The summed E-state index contributed by atoms with van der Waals surface area (Å²) >= 11 is 6.45. The predicted molar refractivity (Wildman–Crippen MR) is 174 cm³/mol. The Morgan fingerprint density at radius 2 is 1.91 bits per heavy atom. The van der Waals surface area contributed by atoms with Gasteiger partial charge in [0.15, 0.2) is 18.4 Å². The molecule has 6 rings (SSSR count). The van der Waals surface area contributed by atoms with Crippen LogP contribution < -0.4 is 10.4 Å². The summed E-state index contributed by atoms with van der Waals surface area (Å²) in [7, 11) is 1.68. The van der Waals surface area contributed by atoms with Crippen molar-refractivity contribution in [2.24, 2.45) is 23.7 Å². The topological polar surface area (TPSA) is 138 Å². The molecule has 47 heavy (non-hydrogen) atoms. The van der Waals surface area contributed by atoms with Crippen molar-refractivity contribution in [2.75, 3.05) is 18.7 Å². The molecule has 12 heteroatoms. The number of anilines is 1. The minimum atomic E-state index is -1.57. The third-order valence-corrected chi connectivity index (χ3v) is 11.6. The molecule has 258 valence electrons. The van der Waals surface area contributed by atoms with Crippen molar-refractivity contribution in [3.8, 4) is 0 Å². The number of amides is 1. The zero-order valence-electron chi connectivity index (χ0n) is 28.1. The van der Waals surface area contributed by atoms with Gasteiger partial charge in [-0.25, -0.2) is 0 Å². The SMILES string of the molecule is CCC(=O)N(CC(C)[C@@H]1CC[C@@H](C)[C@@]2(O)[C@@H]1C=C(C)[C@@H](OC(C)=O)[C@@H]2OC(=O)[C@@H]1C[C@@]2(O)c3cccc(Cl)c3N(C)O[C@H]2N1)C1CC1. The van der Waals surface area contributed by atoms with Crippen molar-refractivity contribution < 1.29 is 38.9 Å². The lowest BCUT2D eigenvalue weighted by atomic mass is 9.55. The zero-order valence-corrected chi connectivity index (χ0v) is 28.8. The number of para-hydroxylation sites is 1. The fraction of sp³-hybridized carbons (Fsp3) is 0.686. The van der Waals surface area contributed by atoms with Crippen LogP contribution in [0.3, 0.4) is 0 Å². The molecule has 1 amide bonds. The third-order valence-electron chi connectivity index (χ3n) is 11.3. The summed E-state index contributed by atoms with van der Waals surface area (Å²) in [6.07, 6.45) is 2.77. The standard InChI is InChI=1S/C35H48ClN3O8/c1-7-28(41)39(22-12-13-22)17-19(3)23-14-11-20(4)35(44)25(23)15-18(2)30(45-21(5)40)31(35)46-32(42)27-16-34(43)24-9-8-10-26(36)29(24)38(6)47-33(34)37-27/h8-10,15,19-20,22-23,25,27,30-31,33,37,43-44H,7,11-14,16-17H2,1-6H3/t19?,20-,23+,25-,27+,30-,31+,33-,34-,35-/m1/s1. The van der Waals surface area contributed by atoms with Crippen LogP contribution in [0.2, 0.25) is 5.02 Å². The summed E-state index contributed by atoms with van der Waals surface area (Å²) < 4.78 is 12.0. The van der Waals surface area contributed by atoms with Crippen molar-refractivity contribution in [3.05, 3.63) is 40.4 Å². The predicted octanol–water partition coefficient (Wildman–Crippen LogP) is 3.83. The van der Waals surface area contributed by atoms with Crippen LogP contribution in [0, 0.1) is 23.7 Å². The van der Waals surface area contributed by atoms with Gasteiger partial charge in [-0.1, -0.05) is 50.6 Å². The second-order valence-electron chi connectivity index (χ2n) is 14.4. The Bertz CT molecular complexity index is 1450. The van der Waals surface area contributed by atoms with Crippen molar-refractivity contribution in [2.45, 2.75) is 115 Å². The first-order valence-corrected chi connectivity index (χ1v) is 17.3. The van der Waals surface area contributed by atoms with Gasteiger partial charge in [-0.3, -0.25) is 29.6 Å². The van der Waals surface area contributed by atoms with Crippen LogP contribution in [0.15, 0.2) is 29.8 Å². The monoisotopic (exact) mass is 673 g/mol. The van der Waals surface area contributed by atoms with Gasteiger partial charge in [0, 0.05) is 50.9 Å². The van der Waals surface area contributed by atoms with E-state index in [2.05, 4.69) is 12.2 Å². The van der Waals surface area contributed by atoms with Gasteiger partial charge in [0.25, 0.3) is 0 Å². The molecule has 10 atom stereocenters. The number of aliphatic hydroxyl groups is 2. The van der Waals surface area contributed by atoms with Gasteiger partial charge in [-0.05, 0) is 62.0 Å². The normalized spacial score (nSPS) is 36.7. The van der Waals surface area contributed by atoms with E-state index in [1.165, 1.54) is 12.0 Å². The number of nitrogens with one attached hydrogen (secondary N) is 1. The van der Waals surface area contributed by atoms with Gasteiger partial charge >= 0.3 is 11.9 Å². The van der Waals surface area contributed by atoms with Crippen LogP contribution in [0.1, 0.15) is 78.7 Å². The number of carbonyl (C=O) groups excluding carboxylic acids is 3. The summed E-state index contributed by atoms with van der Waals surface area (Å²) in [5, 5.41) is 29.6. The second kappa shape index (κ2) is 12.6. The van der Waals surface area contributed by atoms with E-state index in [4.69, 9.17) is 25.9 Å². The van der Waals surface area contributed by atoms with Crippen LogP contribution in [0.25, 0.3) is 0 Å². The molecule has 1 aromatic rings. The lowest BCUT2D eigenvalue weighted by Gasteiger charge is -2.56. The molecule has 11 nitrogen and oxygen atoms in total. The number of fused-ring (bicyclic) bond motifs is 4. The number of esters is 2. The van der Waals surface area contributed by atoms with Crippen LogP contribution in [-0.2, 0) is 34.3 Å². The van der Waals surface area contributed by atoms with E-state index >= 15 is 0 Å². The molecule has 0 bridgehead atoms. The highest BCUT2D eigenvalue weighted by Gasteiger charge is 2.62. The molecular formula is C35H48ClN3O8. The Hall–Kier alpha value is -2.70. The van der Waals surface area contributed by atoms with Gasteiger partial charge in [-0.2, -0.15) is 0 Å². The molecular weight excluding hydrogens is 626 g/mol. The van der Waals surface area contributed by atoms with Crippen LogP contribution in [-0.4, -0.2) is 82.7 Å². The van der Waals surface area contributed by atoms with E-state index in [1.54, 1.807) is 25.2 Å². The highest BCUT2D eigenvalue weighted by molar-refractivity contribution is 6.33. The van der Waals surface area contributed by atoms with Gasteiger partial charge in [0.2, 0.25) is 5.91 Å². The number of halogens is 1. The van der Waals surface area contributed by atoms with E-state index in [-0.39, 0.29) is 36.1 Å². The Balaban J connectivity index is 1.29. The lowest BCUT2D eigenvalue weighted by Crippen LogP contribution is -2.66. The first-order chi connectivity index (χ1) is 22.2. The average Bonchev–Trinajstić information content (AvgIpc) is 3.80. The van der Waals surface area contributed by atoms with Crippen molar-refractivity contribution >= 4 is 35.1 Å². The number of carbonyl (C=O) groups is 3. The molecule has 0 aromatic heterocycles.